The third kappa shape index (κ3) is 2.52. The van der Waals surface area contributed by atoms with Gasteiger partial charge >= 0.3 is 0 Å². The van der Waals surface area contributed by atoms with Gasteiger partial charge in [0.25, 0.3) is 5.91 Å². The lowest BCUT2D eigenvalue weighted by molar-refractivity contribution is 0.0779. The van der Waals surface area contributed by atoms with E-state index in [4.69, 9.17) is 0 Å². The molecule has 22 heavy (non-hydrogen) atoms. The zero-order chi connectivity index (χ0) is 15.9. The van der Waals surface area contributed by atoms with Crippen molar-refractivity contribution in [1.82, 2.24) is 24.9 Å². The number of sulfone groups is 1. The molecule has 1 aliphatic heterocycles. The number of carbonyl (C=O) groups is 1. The van der Waals surface area contributed by atoms with Crippen molar-refractivity contribution in [3.8, 4) is 0 Å². The maximum absolute atomic E-state index is 12.4. The maximum atomic E-state index is 12.4. The van der Waals surface area contributed by atoms with Gasteiger partial charge in [-0.1, -0.05) is 0 Å². The van der Waals surface area contributed by atoms with Crippen LogP contribution in [-0.4, -0.2) is 58.5 Å². The predicted molar refractivity (Wildman–Crippen MR) is 78.2 cm³/mol. The number of aromatic nitrogens is 4. The molecule has 2 aromatic rings. The molecule has 2 aromatic heterocycles. The van der Waals surface area contributed by atoms with Crippen LogP contribution in [-0.2, 0) is 16.9 Å². The van der Waals surface area contributed by atoms with Crippen molar-refractivity contribution in [2.75, 3.05) is 19.3 Å². The first-order valence-corrected chi connectivity index (χ1v) is 8.77. The Bertz CT molecular complexity index is 807. The fraction of sp³-hybridized carbons (Fsp3) is 0.462. The third-order valence-electron chi connectivity index (χ3n) is 3.96. The van der Waals surface area contributed by atoms with Crippen LogP contribution in [0.2, 0.25) is 0 Å². The summed E-state index contributed by atoms with van der Waals surface area (Å²) in [5.74, 6) is -0.146. The summed E-state index contributed by atoms with van der Waals surface area (Å²) in [6.45, 7) is 1.05. The number of nitrogens with zero attached hydrogens (tertiary/aromatic N) is 4. The Hall–Kier alpha value is -2.16. The van der Waals surface area contributed by atoms with Crippen molar-refractivity contribution in [1.29, 1.82) is 0 Å². The summed E-state index contributed by atoms with van der Waals surface area (Å²) < 4.78 is 25.1. The van der Waals surface area contributed by atoms with Gasteiger partial charge in [0, 0.05) is 38.5 Å². The number of amides is 1. The predicted octanol–water partition coefficient (Wildman–Crippen LogP) is 0.176. The molecule has 3 heterocycles. The van der Waals surface area contributed by atoms with E-state index in [0.717, 1.165) is 6.26 Å². The molecule has 1 aliphatic rings. The van der Waals surface area contributed by atoms with Gasteiger partial charge in [-0.25, -0.2) is 8.42 Å². The molecule has 8 nitrogen and oxygen atoms in total. The van der Waals surface area contributed by atoms with E-state index in [9.17, 15) is 13.2 Å². The highest BCUT2D eigenvalue weighted by Crippen LogP contribution is 2.30. The summed E-state index contributed by atoms with van der Waals surface area (Å²) in [5.41, 5.74) is 1.11. The maximum Gasteiger partial charge on any atom is 0.272 e. The van der Waals surface area contributed by atoms with E-state index in [1.165, 1.54) is 10.9 Å². The number of likely N-dealkylation sites (tertiary alicyclic amines) is 1. The highest BCUT2D eigenvalue weighted by atomic mass is 32.2. The topological polar surface area (TPSA) is 101 Å². The average Bonchev–Trinajstić information content (AvgIpc) is 3.16. The largest absolute Gasteiger partial charge is 0.337 e. The minimum absolute atomic E-state index is 0.0515. The van der Waals surface area contributed by atoms with E-state index in [1.807, 2.05) is 0 Å². The lowest BCUT2D eigenvalue weighted by Gasteiger charge is -2.16. The van der Waals surface area contributed by atoms with E-state index in [1.54, 1.807) is 24.2 Å². The molecule has 1 unspecified atom stereocenters. The zero-order valence-corrected chi connectivity index (χ0v) is 13.2. The molecule has 1 atom stereocenters. The summed E-state index contributed by atoms with van der Waals surface area (Å²) in [4.78, 5) is 14.4. The lowest BCUT2D eigenvalue weighted by Crippen LogP contribution is -2.30. The standard InChI is InChI=1S/C13H17N5O3S/c1-17-10(3-5-15-17)13(19)18-6-4-9(8-18)12-11(7-14-16-12)22(2,20)21/h3,5,7,9H,4,6,8H2,1-2H3,(H,14,16). The minimum Gasteiger partial charge on any atom is -0.337 e. The molecule has 0 aliphatic carbocycles. The van der Waals surface area contributed by atoms with Gasteiger partial charge in [0.1, 0.15) is 10.6 Å². The summed E-state index contributed by atoms with van der Waals surface area (Å²) in [7, 11) is -1.61. The minimum atomic E-state index is -3.33. The van der Waals surface area contributed by atoms with Crippen molar-refractivity contribution in [3.05, 3.63) is 29.8 Å². The normalized spacial score (nSPS) is 18.8. The fourth-order valence-corrected chi connectivity index (χ4v) is 3.66. The first-order chi connectivity index (χ1) is 10.4. The number of H-pyrrole nitrogens is 1. The number of carbonyl (C=O) groups excluding carboxylic acids is 1. The van der Waals surface area contributed by atoms with Crippen molar-refractivity contribution >= 4 is 15.7 Å². The molecule has 1 fully saturated rings. The van der Waals surface area contributed by atoms with E-state index in [-0.39, 0.29) is 16.7 Å². The van der Waals surface area contributed by atoms with Crippen LogP contribution in [0.4, 0.5) is 0 Å². The monoisotopic (exact) mass is 323 g/mol. The van der Waals surface area contributed by atoms with Gasteiger partial charge < -0.3 is 4.90 Å². The van der Waals surface area contributed by atoms with Crippen LogP contribution in [0.15, 0.2) is 23.4 Å². The van der Waals surface area contributed by atoms with E-state index in [0.29, 0.717) is 30.9 Å². The molecule has 0 saturated carbocycles. The molecule has 118 valence electrons. The van der Waals surface area contributed by atoms with Crippen LogP contribution < -0.4 is 0 Å². The second-order valence-corrected chi connectivity index (χ2v) is 7.48. The number of hydrogen-bond acceptors (Lipinski definition) is 5. The Balaban J connectivity index is 1.80. The molecule has 9 heteroatoms. The second kappa shape index (κ2) is 5.24. The SMILES string of the molecule is Cn1nccc1C(=O)N1CCC(c2[nH]ncc2S(C)(=O)=O)C1. The third-order valence-corrected chi connectivity index (χ3v) is 5.08. The Morgan fingerprint density at radius 2 is 2.23 bits per heavy atom. The number of aryl methyl sites for hydroxylation is 1. The Kier molecular flexibility index (Phi) is 3.51. The molecular weight excluding hydrogens is 306 g/mol. The van der Waals surface area contributed by atoms with Gasteiger partial charge in [-0.3, -0.25) is 14.6 Å². The van der Waals surface area contributed by atoms with Crippen molar-refractivity contribution in [2.45, 2.75) is 17.2 Å². The summed E-state index contributed by atoms with van der Waals surface area (Å²) in [6, 6.07) is 1.67. The Labute approximate surface area is 128 Å². The van der Waals surface area contributed by atoms with Crippen molar-refractivity contribution in [3.63, 3.8) is 0 Å². The molecule has 3 rings (SSSR count). The number of aromatic amines is 1. The van der Waals surface area contributed by atoms with Crippen LogP contribution in [0.5, 0.6) is 0 Å². The Morgan fingerprint density at radius 3 is 2.86 bits per heavy atom. The van der Waals surface area contributed by atoms with Gasteiger partial charge in [-0.05, 0) is 12.5 Å². The van der Waals surface area contributed by atoms with Gasteiger partial charge in [0.2, 0.25) is 0 Å². The van der Waals surface area contributed by atoms with Crippen LogP contribution >= 0.6 is 0 Å². The average molecular weight is 323 g/mol. The van der Waals surface area contributed by atoms with Crippen LogP contribution in [0.25, 0.3) is 0 Å². The van der Waals surface area contributed by atoms with Crippen LogP contribution in [0.1, 0.15) is 28.5 Å². The molecule has 0 aromatic carbocycles. The smallest absolute Gasteiger partial charge is 0.272 e. The molecule has 0 bridgehead atoms. The highest BCUT2D eigenvalue weighted by Gasteiger charge is 2.32. The van der Waals surface area contributed by atoms with Gasteiger partial charge in [-0.2, -0.15) is 10.2 Å². The second-order valence-electron chi connectivity index (χ2n) is 5.50. The summed E-state index contributed by atoms with van der Waals surface area (Å²) in [6.07, 6.45) is 4.77. The van der Waals surface area contributed by atoms with Crippen LogP contribution in [0.3, 0.4) is 0 Å². The first-order valence-electron chi connectivity index (χ1n) is 6.88. The molecule has 0 radical (unpaired) electrons. The molecule has 0 spiro atoms. The molecular formula is C13H17N5O3S. The summed E-state index contributed by atoms with van der Waals surface area (Å²) >= 11 is 0. The number of nitrogens with one attached hydrogen (secondary N) is 1. The van der Waals surface area contributed by atoms with Crippen LogP contribution in [0, 0.1) is 0 Å². The number of hydrogen-bond donors (Lipinski definition) is 1. The highest BCUT2D eigenvalue weighted by molar-refractivity contribution is 7.90. The fourth-order valence-electron chi connectivity index (χ4n) is 2.80. The van der Waals surface area contributed by atoms with Crippen molar-refractivity contribution in [2.24, 2.45) is 7.05 Å². The molecule has 1 N–H and O–H groups in total. The van der Waals surface area contributed by atoms with Gasteiger partial charge in [-0.15, -0.1) is 0 Å². The molecule has 1 amide bonds. The van der Waals surface area contributed by atoms with Crippen molar-refractivity contribution < 1.29 is 13.2 Å². The molecule has 1 saturated heterocycles. The Morgan fingerprint density at radius 1 is 1.45 bits per heavy atom. The van der Waals surface area contributed by atoms with E-state index < -0.39 is 9.84 Å². The van der Waals surface area contributed by atoms with E-state index in [2.05, 4.69) is 15.3 Å². The van der Waals surface area contributed by atoms with E-state index >= 15 is 0 Å². The lowest BCUT2D eigenvalue weighted by atomic mass is 10.1. The summed E-state index contributed by atoms with van der Waals surface area (Å²) in [5, 5.41) is 10.6. The van der Waals surface area contributed by atoms with Gasteiger partial charge in [0.15, 0.2) is 9.84 Å². The zero-order valence-electron chi connectivity index (χ0n) is 12.4. The number of rotatable bonds is 3. The quantitative estimate of drug-likeness (QED) is 0.868. The van der Waals surface area contributed by atoms with Gasteiger partial charge in [0.05, 0.1) is 11.9 Å². The first kappa shape index (κ1) is 14.8.